The summed E-state index contributed by atoms with van der Waals surface area (Å²) >= 11 is 7.64. The molecule has 2 aromatic rings. The quantitative estimate of drug-likeness (QED) is 0.573. The monoisotopic (exact) mass is 358 g/mol. The Hall–Kier alpha value is -1.98. The van der Waals surface area contributed by atoms with Gasteiger partial charge >= 0.3 is 0 Å². The molecule has 1 aromatic carbocycles. The van der Waals surface area contributed by atoms with Gasteiger partial charge in [0.15, 0.2) is 0 Å². The number of hydrogen-bond donors (Lipinski definition) is 2. The van der Waals surface area contributed by atoms with Crippen LogP contribution in [0.15, 0.2) is 29.3 Å². The predicted octanol–water partition coefficient (Wildman–Crippen LogP) is 5.04. The van der Waals surface area contributed by atoms with E-state index in [1.54, 1.807) is 16.2 Å². The van der Waals surface area contributed by atoms with Gasteiger partial charge in [0.1, 0.15) is 16.7 Å². The van der Waals surface area contributed by atoms with Crippen molar-refractivity contribution in [2.45, 2.75) is 27.2 Å². The summed E-state index contributed by atoms with van der Waals surface area (Å²) in [6.45, 7) is 6.36. The van der Waals surface area contributed by atoms with E-state index in [1.165, 1.54) is 4.88 Å². The van der Waals surface area contributed by atoms with Gasteiger partial charge < -0.3 is 0 Å². The summed E-state index contributed by atoms with van der Waals surface area (Å²) in [4.78, 5) is 7.63. The predicted molar refractivity (Wildman–Crippen MR) is 104 cm³/mol. The Labute approximate surface area is 150 Å². The summed E-state index contributed by atoms with van der Waals surface area (Å²) in [5.74, 6) is 0.767. The fourth-order valence-electron chi connectivity index (χ4n) is 2.76. The number of rotatable bonds is 2. The largest absolute Gasteiger partial charge is 0.288 e. The Morgan fingerprint density at radius 3 is 2.58 bits per heavy atom. The molecule has 2 N–H and O–H groups in total. The highest BCUT2D eigenvalue weighted by atomic mass is 35.5. The highest BCUT2D eigenvalue weighted by Crippen LogP contribution is 2.39. The Morgan fingerprint density at radius 2 is 1.96 bits per heavy atom. The third kappa shape index (κ3) is 2.78. The summed E-state index contributed by atoms with van der Waals surface area (Å²) < 4.78 is 0. The molecule has 0 atom stereocenters. The summed E-state index contributed by atoms with van der Waals surface area (Å²) in [6, 6.07) is 7.63. The van der Waals surface area contributed by atoms with Crippen molar-refractivity contribution in [1.82, 2.24) is 0 Å². The fraction of sp³-hybridized carbons (Fsp3) is 0.278. The van der Waals surface area contributed by atoms with Crippen LogP contribution in [0.5, 0.6) is 0 Å². The zero-order chi connectivity index (χ0) is 17.4. The lowest BCUT2D eigenvalue weighted by molar-refractivity contribution is 1.15. The third-order valence-electron chi connectivity index (χ3n) is 4.19. The number of fused-ring (bicyclic) bond motifs is 1. The summed E-state index contributed by atoms with van der Waals surface area (Å²) in [5, 5.41) is 18.3. The number of thiophene rings is 1. The molecule has 1 aliphatic heterocycles. The normalized spacial score (nSPS) is 14.2. The first-order chi connectivity index (χ1) is 11.4. The van der Waals surface area contributed by atoms with E-state index in [0.717, 1.165) is 27.4 Å². The molecule has 0 radical (unpaired) electrons. The number of benzene rings is 1. The van der Waals surface area contributed by atoms with Crippen LogP contribution in [0.25, 0.3) is 0 Å². The van der Waals surface area contributed by atoms with E-state index < -0.39 is 0 Å². The summed E-state index contributed by atoms with van der Waals surface area (Å²) in [7, 11) is 0. The molecule has 3 rings (SSSR count). The maximum Gasteiger partial charge on any atom is 0.129 e. The van der Waals surface area contributed by atoms with Gasteiger partial charge in [-0.2, -0.15) is 0 Å². The number of nitrogens with zero attached hydrogens (tertiary/aromatic N) is 2. The average molecular weight is 359 g/mol. The van der Waals surface area contributed by atoms with E-state index >= 15 is 0 Å². The van der Waals surface area contributed by atoms with Gasteiger partial charge in [-0.05, 0) is 31.5 Å². The molecule has 0 aliphatic carbocycles. The van der Waals surface area contributed by atoms with Crippen LogP contribution in [-0.4, -0.2) is 23.9 Å². The lowest BCUT2D eigenvalue weighted by atomic mass is 10.00. The lowest BCUT2D eigenvalue weighted by Crippen LogP contribution is -2.36. The molecule has 4 nitrogen and oxygen atoms in total. The van der Waals surface area contributed by atoms with E-state index in [-0.39, 0.29) is 6.54 Å². The zero-order valence-corrected chi connectivity index (χ0v) is 15.5. The van der Waals surface area contributed by atoms with Crippen LogP contribution in [0.1, 0.15) is 34.9 Å². The van der Waals surface area contributed by atoms with Crippen LogP contribution >= 0.6 is 22.9 Å². The summed E-state index contributed by atoms with van der Waals surface area (Å²) in [6.07, 6.45) is 0.577. The van der Waals surface area contributed by atoms with Crippen molar-refractivity contribution in [2.24, 2.45) is 4.99 Å². The standard InChI is InChI=1S/C18H19ClN4S/c1-4-14(20)23-15(21)9-22-17(12-5-7-13(19)8-6-12)16-10(2)11(3)24-18(16)23/h5-8,20-21H,4,9H2,1-3H3. The van der Waals surface area contributed by atoms with Gasteiger partial charge in [0.25, 0.3) is 0 Å². The highest BCUT2D eigenvalue weighted by molar-refractivity contribution is 7.17. The van der Waals surface area contributed by atoms with Crippen LogP contribution in [0.2, 0.25) is 5.02 Å². The van der Waals surface area contributed by atoms with Gasteiger partial charge in [-0.3, -0.25) is 20.7 Å². The first kappa shape index (κ1) is 16.9. The number of aryl methyl sites for hydroxylation is 1. The Balaban J connectivity index is 2.23. The minimum Gasteiger partial charge on any atom is -0.288 e. The van der Waals surface area contributed by atoms with Crippen molar-refractivity contribution in [3.63, 3.8) is 0 Å². The molecule has 0 saturated heterocycles. The molecule has 6 heteroatoms. The lowest BCUT2D eigenvalue weighted by Gasteiger charge is -2.22. The molecule has 124 valence electrons. The van der Waals surface area contributed by atoms with E-state index in [9.17, 15) is 0 Å². The van der Waals surface area contributed by atoms with Crippen LogP contribution in [-0.2, 0) is 0 Å². The Bertz CT molecular complexity index is 849. The molecular weight excluding hydrogens is 340 g/mol. The van der Waals surface area contributed by atoms with Crippen molar-refractivity contribution >= 4 is 45.3 Å². The van der Waals surface area contributed by atoms with E-state index in [0.29, 0.717) is 23.1 Å². The third-order valence-corrected chi connectivity index (χ3v) is 5.63. The molecule has 0 bridgehead atoms. The van der Waals surface area contributed by atoms with Crippen LogP contribution in [0.3, 0.4) is 0 Å². The van der Waals surface area contributed by atoms with Gasteiger partial charge in [0, 0.05) is 27.4 Å². The molecule has 0 unspecified atom stereocenters. The second-order valence-corrected chi connectivity index (χ2v) is 7.36. The first-order valence-electron chi connectivity index (χ1n) is 7.79. The van der Waals surface area contributed by atoms with Gasteiger partial charge in [-0.1, -0.05) is 30.7 Å². The molecule has 1 aliphatic rings. The number of nitrogens with one attached hydrogen (secondary N) is 2. The maximum absolute atomic E-state index is 8.38. The van der Waals surface area contributed by atoms with Gasteiger partial charge in [-0.15, -0.1) is 11.3 Å². The topological polar surface area (TPSA) is 63.3 Å². The molecule has 0 spiro atoms. The second kappa shape index (κ2) is 6.49. The smallest absolute Gasteiger partial charge is 0.129 e. The van der Waals surface area contributed by atoms with Crippen LogP contribution in [0.4, 0.5) is 5.00 Å². The van der Waals surface area contributed by atoms with Gasteiger partial charge in [-0.25, -0.2) is 0 Å². The molecule has 1 aromatic heterocycles. The SMILES string of the molecule is CCC(=N)N1C(=N)CN=C(c2ccc(Cl)cc2)c2c1sc(C)c2C. The molecular formula is C18H19ClN4S. The fourth-order valence-corrected chi connectivity index (χ4v) is 4.09. The first-order valence-corrected chi connectivity index (χ1v) is 8.99. The number of amidine groups is 2. The zero-order valence-electron chi connectivity index (χ0n) is 13.9. The van der Waals surface area contributed by atoms with Crippen molar-refractivity contribution < 1.29 is 0 Å². The second-order valence-electron chi connectivity index (χ2n) is 5.72. The molecule has 0 amide bonds. The number of halogens is 1. The highest BCUT2D eigenvalue weighted by Gasteiger charge is 2.29. The van der Waals surface area contributed by atoms with Crippen LogP contribution < -0.4 is 4.90 Å². The number of hydrogen-bond acceptors (Lipinski definition) is 4. The van der Waals surface area contributed by atoms with Gasteiger partial charge in [0.05, 0.1) is 12.3 Å². The van der Waals surface area contributed by atoms with E-state index in [1.807, 2.05) is 31.2 Å². The van der Waals surface area contributed by atoms with Crippen molar-refractivity contribution in [3.8, 4) is 0 Å². The number of aliphatic imine (C=N–C) groups is 1. The minimum atomic E-state index is 0.264. The van der Waals surface area contributed by atoms with Crippen molar-refractivity contribution in [2.75, 3.05) is 11.4 Å². The minimum absolute atomic E-state index is 0.264. The maximum atomic E-state index is 8.38. The summed E-state index contributed by atoms with van der Waals surface area (Å²) in [5.41, 5.74) is 4.05. The average Bonchev–Trinajstić information content (AvgIpc) is 2.76. The molecule has 2 heterocycles. The molecule has 0 fully saturated rings. The van der Waals surface area contributed by atoms with E-state index in [4.69, 9.17) is 27.4 Å². The van der Waals surface area contributed by atoms with Gasteiger partial charge in [0.2, 0.25) is 0 Å². The van der Waals surface area contributed by atoms with Crippen molar-refractivity contribution in [1.29, 1.82) is 10.8 Å². The Kier molecular flexibility index (Phi) is 4.56. The number of anilines is 1. The molecule has 24 heavy (non-hydrogen) atoms. The van der Waals surface area contributed by atoms with Crippen molar-refractivity contribution in [3.05, 3.63) is 50.9 Å². The van der Waals surface area contributed by atoms with E-state index in [2.05, 4.69) is 13.8 Å². The Morgan fingerprint density at radius 1 is 1.29 bits per heavy atom. The van der Waals surface area contributed by atoms with Crippen LogP contribution in [0, 0.1) is 24.7 Å². The molecule has 0 saturated carbocycles.